The molecule has 0 amide bonds. The maximum absolute atomic E-state index is 11.4. The van der Waals surface area contributed by atoms with E-state index in [9.17, 15) is 91.8 Å². The lowest BCUT2D eigenvalue weighted by molar-refractivity contribution is -0.391. The van der Waals surface area contributed by atoms with Gasteiger partial charge in [0.2, 0.25) is 0 Å². The number of aliphatic hydroxyl groups is 16. The van der Waals surface area contributed by atoms with Gasteiger partial charge < -0.3 is 130 Å². The van der Waals surface area contributed by atoms with Crippen molar-refractivity contribution in [1.29, 1.82) is 0 Å². The molecule has 25 atom stereocenters. The number of ether oxygens (including phenoxy) is 9. The van der Waals surface area contributed by atoms with Crippen LogP contribution in [0.2, 0.25) is 0 Å². The van der Waals surface area contributed by atoms with Crippen LogP contribution in [0.15, 0.2) is 18.2 Å². The van der Waals surface area contributed by atoms with Crippen molar-refractivity contribution in [2.45, 2.75) is 160 Å². The van der Waals surface area contributed by atoms with E-state index in [2.05, 4.69) is 5.32 Å². The number of hydrogen-bond acceptors (Lipinski definition) is 28. The first kappa shape index (κ1) is 52.8. The van der Waals surface area contributed by atoms with Crippen LogP contribution < -0.4 is 5.32 Å². The molecule has 29 nitrogen and oxygen atoms in total. The summed E-state index contributed by atoms with van der Waals surface area (Å²) in [6.07, 6.45) is -45.9. The van der Waals surface area contributed by atoms with Crippen molar-refractivity contribution in [3.63, 3.8) is 0 Å². The number of rotatable bonds is 16. The molecule has 66 heavy (non-hydrogen) atoms. The standard InChI is InChI=1S/C37H58N2O27/c1-10-2-3-11(4-12(10)39(56)57)38-33-24(51)20(47)29(14(6-41)58-33)63-35-26(53)22(49)31(16(8-43)60-35)65-37-28(55)23(50)32(17(9-44)62-37)66-36-27(54)21(48)30(15(7-42)61-36)64-34-25(52)19(46)18(45)13(5-40)59-34/h2-4,13-38,40-55H,5-9H2,1H3/t13-,14-,15-,16+,17-,18+,19+,20-,21-,22+,23-,24+,25+,26+,27+,28+,29-,30-,31+,32-,33-,34+,35-,36+,37+/m1/s1. The highest BCUT2D eigenvalue weighted by molar-refractivity contribution is 5.55. The van der Waals surface area contributed by atoms with Crippen LogP contribution in [0.5, 0.6) is 0 Å². The molecule has 17 N–H and O–H groups in total. The van der Waals surface area contributed by atoms with Crippen LogP contribution in [-0.2, 0) is 42.6 Å². The summed E-state index contributed by atoms with van der Waals surface area (Å²) in [4.78, 5) is 10.8. The van der Waals surface area contributed by atoms with Gasteiger partial charge in [-0.2, -0.15) is 0 Å². The Labute approximate surface area is 373 Å². The van der Waals surface area contributed by atoms with E-state index in [1.54, 1.807) is 0 Å². The molecule has 0 bridgehead atoms. The second kappa shape index (κ2) is 22.4. The first-order chi connectivity index (χ1) is 31.3. The third kappa shape index (κ3) is 10.8. The van der Waals surface area contributed by atoms with Crippen molar-refractivity contribution in [2.75, 3.05) is 38.4 Å². The van der Waals surface area contributed by atoms with Crippen molar-refractivity contribution in [3.8, 4) is 0 Å². The maximum Gasteiger partial charge on any atom is 0.274 e. The number of benzene rings is 1. The first-order valence-corrected chi connectivity index (χ1v) is 20.7. The second-order valence-corrected chi connectivity index (χ2v) is 16.4. The molecule has 5 aliphatic rings. The molecule has 0 saturated carbocycles. The van der Waals surface area contributed by atoms with Gasteiger partial charge in [0.15, 0.2) is 31.4 Å². The van der Waals surface area contributed by atoms with Crippen LogP contribution in [0.25, 0.3) is 0 Å². The summed E-state index contributed by atoms with van der Waals surface area (Å²) in [6, 6.07) is 4.04. The number of nitro groups is 1. The molecule has 6 rings (SSSR count). The van der Waals surface area contributed by atoms with E-state index in [1.807, 2.05) is 0 Å². The van der Waals surface area contributed by atoms with Crippen LogP contribution in [-0.4, -0.2) is 273 Å². The Balaban J connectivity index is 1.07. The topological polar surface area (TPSA) is 462 Å². The number of nitro benzene ring substituents is 1. The zero-order valence-corrected chi connectivity index (χ0v) is 34.8. The molecular formula is C37H58N2O27. The molecule has 0 unspecified atom stereocenters. The van der Waals surface area contributed by atoms with Crippen molar-refractivity contribution < 1.29 is 129 Å². The van der Waals surface area contributed by atoms with E-state index in [0.29, 0.717) is 5.56 Å². The van der Waals surface area contributed by atoms with Gasteiger partial charge in [0.1, 0.15) is 122 Å². The predicted molar refractivity (Wildman–Crippen MR) is 206 cm³/mol. The summed E-state index contributed by atoms with van der Waals surface area (Å²) in [5.41, 5.74) is 0.198. The molecule has 0 radical (unpaired) electrons. The summed E-state index contributed by atoms with van der Waals surface area (Å²) >= 11 is 0. The highest BCUT2D eigenvalue weighted by atomic mass is 16.8. The van der Waals surface area contributed by atoms with E-state index in [1.165, 1.54) is 19.1 Å². The number of aryl methyl sites for hydroxylation is 1. The zero-order valence-electron chi connectivity index (χ0n) is 34.8. The van der Waals surface area contributed by atoms with Crippen LogP contribution in [0.1, 0.15) is 5.56 Å². The van der Waals surface area contributed by atoms with Gasteiger partial charge in [0.25, 0.3) is 5.69 Å². The molecule has 1 aromatic rings. The number of anilines is 1. The normalized spacial score (nSPS) is 46.8. The summed E-state index contributed by atoms with van der Waals surface area (Å²) in [5.74, 6) is 0. The fraction of sp³-hybridized carbons (Fsp3) is 0.838. The minimum atomic E-state index is -2.15. The molecule has 0 spiro atoms. The highest BCUT2D eigenvalue weighted by Gasteiger charge is 2.56. The van der Waals surface area contributed by atoms with Gasteiger partial charge in [-0.3, -0.25) is 10.1 Å². The fourth-order valence-corrected chi connectivity index (χ4v) is 8.23. The quantitative estimate of drug-likeness (QED) is 0.0540. The van der Waals surface area contributed by atoms with E-state index in [0.717, 1.165) is 6.07 Å². The number of hydrogen-bond donors (Lipinski definition) is 17. The van der Waals surface area contributed by atoms with E-state index in [-0.39, 0.29) is 11.4 Å². The smallest absolute Gasteiger partial charge is 0.274 e. The van der Waals surface area contributed by atoms with E-state index >= 15 is 0 Å². The summed E-state index contributed by atoms with van der Waals surface area (Å²) in [6.45, 7) is -3.10. The van der Waals surface area contributed by atoms with Crippen LogP contribution in [0, 0.1) is 17.0 Å². The van der Waals surface area contributed by atoms with Gasteiger partial charge in [-0.15, -0.1) is 0 Å². The van der Waals surface area contributed by atoms with E-state index in [4.69, 9.17) is 42.6 Å². The Hall–Kier alpha value is -2.58. The largest absolute Gasteiger partial charge is 0.394 e. The molecule has 1 aromatic carbocycles. The Kier molecular flexibility index (Phi) is 18.0. The van der Waals surface area contributed by atoms with Crippen molar-refractivity contribution in [1.82, 2.24) is 0 Å². The van der Waals surface area contributed by atoms with Crippen LogP contribution >= 0.6 is 0 Å². The van der Waals surface area contributed by atoms with E-state index < -0.39 is 191 Å². The second-order valence-electron chi connectivity index (χ2n) is 16.4. The third-order valence-corrected chi connectivity index (χ3v) is 12.1. The monoisotopic (exact) mass is 962 g/mol. The van der Waals surface area contributed by atoms with Crippen LogP contribution in [0.3, 0.4) is 0 Å². The Morgan fingerprint density at radius 2 is 0.818 bits per heavy atom. The molecule has 5 heterocycles. The molecular weight excluding hydrogens is 904 g/mol. The molecule has 0 aromatic heterocycles. The lowest BCUT2D eigenvalue weighted by atomic mass is 9.95. The van der Waals surface area contributed by atoms with Crippen molar-refractivity contribution in [3.05, 3.63) is 33.9 Å². The Morgan fingerprint density at radius 1 is 0.485 bits per heavy atom. The SMILES string of the molecule is Cc1ccc(N[C@@H]2O[C@H](CO)[C@@H](O[C@H]3O[C@@H](CO)[C@H](O[C@@H]4O[C@H](CO)[C@@H](O[C@@H]5O[C@H](CO)[C@@H](O[C@@H]6O[C@H](CO)[C@H](O)[C@H](O)[C@@H]6O)[C@H](O)[C@@H]5O)[C@H](O)[C@@H]4O)[C@@H](O)[C@@H]3O)[C@H](O)[C@@H]2O)cc1[N+](=O)[O-]. The number of nitrogens with one attached hydrogen (secondary N) is 1. The Morgan fingerprint density at radius 3 is 1.18 bits per heavy atom. The lowest BCUT2D eigenvalue weighted by Crippen LogP contribution is -2.68. The van der Waals surface area contributed by atoms with Gasteiger partial charge in [-0.1, -0.05) is 6.07 Å². The summed E-state index contributed by atoms with van der Waals surface area (Å²) in [5, 5.41) is 183. The summed E-state index contributed by atoms with van der Waals surface area (Å²) < 4.78 is 50.3. The molecule has 5 aliphatic heterocycles. The minimum absolute atomic E-state index is 0.116. The average Bonchev–Trinajstić information content (AvgIpc) is 3.30. The molecule has 0 aliphatic carbocycles. The van der Waals surface area contributed by atoms with Gasteiger partial charge in [-0.25, -0.2) is 0 Å². The lowest BCUT2D eigenvalue weighted by Gasteiger charge is -2.49. The van der Waals surface area contributed by atoms with Gasteiger partial charge >= 0.3 is 0 Å². The molecule has 378 valence electrons. The maximum atomic E-state index is 11.4. The van der Waals surface area contributed by atoms with Gasteiger partial charge in [-0.05, 0) is 13.0 Å². The third-order valence-electron chi connectivity index (χ3n) is 12.1. The number of nitrogens with zero attached hydrogens (tertiary/aromatic N) is 1. The number of aliphatic hydroxyl groups excluding tert-OH is 16. The Bertz CT molecular complexity index is 1710. The highest BCUT2D eigenvalue weighted by Crippen LogP contribution is 2.36. The molecule has 5 saturated heterocycles. The fourth-order valence-electron chi connectivity index (χ4n) is 8.23. The van der Waals surface area contributed by atoms with Crippen molar-refractivity contribution in [2.24, 2.45) is 0 Å². The minimum Gasteiger partial charge on any atom is -0.394 e. The molecule has 5 fully saturated rings. The zero-order chi connectivity index (χ0) is 48.5. The summed E-state index contributed by atoms with van der Waals surface area (Å²) in [7, 11) is 0. The first-order valence-electron chi connectivity index (χ1n) is 20.7. The average molecular weight is 963 g/mol. The van der Waals surface area contributed by atoms with Crippen molar-refractivity contribution >= 4 is 11.4 Å². The predicted octanol–water partition coefficient (Wildman–Crippen LogP) is -9.59. The van der Waals surface area contributed by atoms with Gasteiger partial charge in [0.05, 0.1) is 38.0 Å². The molecule has 29 heteroatoms. The van der Waals surface area contributed by atoms with Gasteiger partial charge in [0, 0.05) is 17.3 Å². The van der Waals surface area contributed by atoms with Crippen LogP contribution in [0.4, 0.5) is 11.4 Å².